The van der Waals surface area contributed by atoms with E-state index >= 15 is 0 Å². The largest absolute Gasteiger partial charge is 0.468 e. The third-order valence-corrected chi connectivity index (χ3v) is 4.15. The van der Waals surface area contributed by atoms with Gasteiger partial charge in [0.15, 0.2) is 6.61 Å². The van der Waals surface area contributed by atoms with Crippen molar-refractivity contribution in [3.05, 3.63) is 23.9 Å². The first-order valence-electron chi connectivity index (χ1n) is 6.82. The van der Waals surface area contributed by atoms with Crippen molar-refractivity contribution in [1.29, 1.82) is 0 Å². The van der Waals surface area contributed by atoms with E-state index in [2.05, 4.69) is 15.0 Å². The van der Waals surface area contributed by atoms with Gasteiger partial charge in [0.05, 0.1) is 0 Å². The van der Waals surface area contributed by atoms with Gasteiger partial charge in [-0.1, -0.05) is 6.07 Å². The highest BCUT2D eigenvalue weighted by Crippen LogP contribution is 2.70. The van der Waals surface area contributed by atoms with Crippen LogP contribution >= 0.6 is 0 Å². The molecular formula is C14H17F3N2O. The molecule has 3 nitrogen and oxygen atoms in total. The molecule has 1 N–H and O–H groups in total. The number of hydrogen-bond acceptors (Lipinski definition) is 3. The Balaban J connectivity index is 1.39. The fourth-order valence-electron chi connectivity index (χ4n) is 2.64. The van der Waals surface area contributed by atoms with Crippen molar-refractivity contribution in [1.82, 2.24) is 10.3 Å². The van der Waals surface area contributed by atoms with Gasteiger partial charge in [-0.25, -0.2) is 4.98 Å². The Morgan fingerprint density at radius 3 is 2.70 bits per heavy atom. The maximum Gasteiger partial charge on any atom is 0.422 e. The second-order valence-corrected chi connectivity index (χ2v) is 5.80. The molecule has 1 aromatic heterocycles. The summed E-state index contributed by atoms with van der Waals surface area (Å²) in [6, 6.07) is 3.22. The summed E-state index contributed by atoms with van der Waals surface area (Å²) in [6.07, 6.45) is 1.34. The lowest BCUT2D eigenvalue weighted by Gasteiger charge is -2.09. The smallest absolute Gasteiger partial charge is 0.422 e. The van der Waals surface area contributed by atoms with E-state index in [0.29, 0.717) is 12.0 Å². The molecule has 2 aliphatic carbocycles. The molecule has 1 spiro atoms. The number of pyridine rings is 1. The molecule has 1 aromatic rings. The van der Waals surface area contributed by atoms with Crippen molar-refractivity contribution < 1.29 is 17.9 Å². The summed E-state index contributed by atoms with van der Waals surface area (Å²) < 4.78 is 40.5. The molecule has 0 aliphatic heterocycles. The molecule has 1 unspecified atom stereocenters. The zero-order valence-corrected chi connectivity index (χ0v) is 11.0. The van der Waals surface area contributed by atoms with Crippen molar-refractivity contribution in [2.24, 2.45) is 11.3 Å². The van der Waals surface area contributed by atoms with Gasteiger partial charge in [0.25, 0.3) is 0 Å². The van der Waals surface area contributed by atoms with Crippen LogP contribution in [0, 0.1) is 11.3 Å². The molecule has 2 saturated carbocycles. The number of ether oxygens (including phenoxy) is 1. The van der Waals surface area contributed by atoms with E-state index in [0.717, 1.165) is 18.0 Å². The summed E-state index contributed by atoms with van der Waals surface area (Å²) in [5, 5.41) is 3.37. The van der Waals surface area contributed by atoms with Crippen LogP contribution in [0.25, 0.3) is 0 Å². The Labute approximate surface area is 115 Å². The van der Waals surface area contributed by atoms with E-state index in [1.54, 1.807) is 12.3 Å². The molecule has 0 radical (unpaired) electrons. The van der Waals surface area contributed by atoms with Crippen LogP contribution in [0.5, 0.6) is 5.88 Å². The minimum absolute atomic E-state index is 0.00482. The summed E-state index contributed by atoms with van der Waals surface area (Å²) in [5.74, 6) is 0.829. The summed E-state index contributed by atoms with van der Waals surface area (Å²) >= 11 is 0. The van der Waals surface area contributed by atoms with Gasteiger partial charge in [0.2, 0.25) is 5.88 Å². The van der Waals surface area contributed by atoms with E-state index in [-0.39, 0.29) is 5.88 Å². The van der Waals surface area contributed by atoms with Gasteiger partial charge in [0.1, 0.15) is 0 Å². The predicted octanol–water partition coefficient (Wildman–Crippen LogP) is 2.91. The molecule has 6 heteroatoms. The van der Waals surface area contributed by atoms with Gasteiger partial charge < -0.3 is 10.1 Å². The highest BCUT2D eigenvalue weighted by Gasteiger charge is 2.61. The SMILES string of the molecule is FC(F)(F)COc1ccc(CNCC2CC23CC3)cn1. The molecule has 3 rings (SSSR count). The van der Waals surface area contributed by atoms with Gasteiger partial charge in [-0.05, 0) is 42.7 Å². The third-order valence-electron chi connectivity index (χ3n) is 4.15. The lowest BCUT2D eigenvalue weighted by molar-refractivity contribution is -0.154. The van der Waals surface area contributed by atoms with E-state index < -0.39 is 12.8 Å². The molecule has 0 bridgehead atoms. The molecular weight excluding hydrogens is 269 g/mol. The summed E-state index contributed by atoms with van der Waals surface area (Å²) in [5.41, 5.74) is 1.65. The number of halogens is 3. The number of aromatic nitrogens is 1. The number of nitrogens with zero attached hydrogens (tertiary/aromatic N) is 1. The van der Waals surface area contributed by atoms with Crippen LogP contribution in [0.15, 0.2) is 18.3 Å². The summed E-state index contributed by atoms with van der Waals surface area (Å²) in [4.78, 5) is 3.87. The third kappa shape index (κ3) is 3.42. The first-order chi connectivity index (χ1) is 9.47. The molecule has 0 aromatic carbocycles. The predicted molar refractivity (Wildman–Crippen MR) is 67.3 cm³/mol. The van der Waals surface area contributed by atoms with Crippen LogP contribution in [-0.4, -0.2) is 24.3 Å². The topological polar surface area (TPSA) is 34.1 Å². The summed E-state index contributed by atoms with van der Waals surface area (Å²) in [7, 11) is 0. The lowest BCUT2D eigenvalue weighted by atomic mass is 10.2. The van der Waals surface area contributed by atoms with Crippen molar-refractivity contribution in [2.45, 2.75) is 32.0 Å². The number of hydrogen-bond donors (Lipinski definition) is 1. The number of alkyl halides is 3. The van der Waals surface area contributed by atoms with E-state index in [1.807, 2.05) is 0 Å². The molecule has 1 atom stereocenters. The first kappa shape index (κ1) is 13.7. The minimum Gasteiger partial charge on any atom is -0.468 e. The molecule has 2 aliphatic rings. The maximum atomic E-state index is 12.0. The van der Waals surface area contributed by atoms with Crippen molar-refractivity contribution in [2.75, 3.05) is 13.2 Å². The fourth-order valence-corrected chi connectivity index (χ4v) is 2.64. The monoisotopic (exact) mass is 286 g/mol. The van der Waals surface area contributed by atoms with Gasteiger partial charge >= 0.3 is 6.18 Å². The Morgan fingerprint density at radius 1 is 1.35 bits per heavy atom. The van der Waals surface area contributed by atoms with Crippen LogP contribution in [-0.2, 0) is 6.54 Å². The Morgan fingerprint density at radius 2 is 2.15 bits per heavy atom. The first-order valence-corrected chi connectivity index (χ1v) is 6.82. The fraction of sp³-hybridized carbons (Fsp3) is 0.643. The minimum atomic E-state index is -4.33. The molecule has 2 fully saturated rings. The van der Waals surface area contributed by atoms with Crippen molar-refractivity contribution in [3.8, 4) is 5.88 Å². The highest BCUT2D eigenvalue weighted by atomic mass is 19.4. The van der Waals surface area contributed by atoms with Crippen LogP contribution in [0.3, 0.4) is 0 Å². The maximum absolute atomic E-state index is 12.0. The molecule has 0 saturated heterocycles. The van der Waals surface area contributed by atoms with Gasteiger partial charge in [-0.15, -0.1) is 0 Å². The second kappa shape index (κ2) is 4.91. The van der Waals surface area contributed by atoms with Crippen LogP contribution < -0.4 is 10.1 Å². The number of rotatable bonds is 6. The number of nitrogens with one attached hydrogen (secondary N) is 1. The van der Waals surface area contributed by atoms with E-state index in [9.17, 15) is 13.2 Å². The van der Waals surface area contributed by atoms with Crippen LogP contribution in [0.1, 0.15) is 24.8 Å². The van der Waals surface area contributed by atoms with Crippen LogP contribution in [0.2, 0.25) is 0 Å². The zero-order valence-electron chi connectivity index (χ0n) is 11.0. The van der Waals surface area contributed by atoms with E-state index in [4.69, 9.17) is 0 Å². The Hall–Kier alpha value is -1.30. The van der Waals surface area contributed by atoms with Gasteiger partial charge in [0, 0.05) is 18.8 Å². The summed E-state index contributed by atoms with van der Waals surface area (Å²) in [6.45, 7) is 0.410. The molecule has 0 amide bonds. The zero-order chi connectivity index (χ0) is 14.2. The second-order valence-electron chi connectivity index (χ2n) is 5.80. The average molecular weight is 286 g/mol. The van der Waals surface area contributed by atoms with Gasteiger partial charge in [-0.3, -0.25) is 0 Å². The van der Waals surface area contributed by atoms with Gasteiger partial charge in [-0.2, -0.15) is 13.2 Å². The molecule has 20 heavy (non-hydrogen) atoms. The Kier molecular flexibility index (Phi) is 3.36. The highest BCUT2D eigenvalue weighted by molar-refractivity contribution is 5.18. The van der Waals surface area contributed by atoms with E-state index in [1.165, 1.54) is 25.3 Å². The van der Waals surface area contributed by atoms with Crippen molar-refractivity contribution >= 4 is 0 Å². The van der Waals surface area contributed by atoms with Crippen molar-refractivity contribution in [3.63, 3.8) is 0 Å². The molecule has 110 valence electrons. The normalized spacial score (nSPS) is 22.9. The lowest BCUT2D eigenvalue weighted by Crippen LogP contribution is -2.20. The standard InChI is InChI=1S/C14H17F3N2O/c15-14(16,17)9-20-12-2-1-10(7-19-12)6-18-8-11-5-13(11)3-4-13/h1-2,7,11,18H,3-6,8-9H2. The molecule has 1 heterocycles. The van der Waals surface area contributed by atoms with Crippen LogP contribution in [0.4, 0.5) is 13.2 Å². The average Bonchev–Trinajstić information content (AvgIpc) is 3.29. The quantitative estimate of drug-likeness (QED) is 0.873. The Bertz CT molecular complexity index is 468.